The molecule has 0 saturated heterocycles. The summed E-state index contributed by atoms with van der Waals surface area (Å²) in [5, 5.41) is 23.3. The minimum atomic E-state index is -0.844. The van der Waals surface area contributed by atoms with Gasteiger partial charge in [0.2, 0.25) is 5.91 Å². The largest absolute Gasteiger partial charge is 0.466 e. The van der Waals surface area contributed by atoms with E-state index < -0.39 is 12.1 Å². The first kappa shape index (κ1) is 85.8. The number of aliphatic hydroxyl groups excluding tert-OH is 2. The van der Waals surface area contributed by atoms with Crippen molar-refractivity contribution in [3.05, 3.63) is 48.6 Å². The van der Waals surface area contributed by atoms with Crippen LogP contribution < -0.4 is 5.32 Å². The van der Waals surface area contributed by atoms with Gasteiger partial charge in [0.1, 0.15) is 0 Å². The molecule has 2 atom stereocenters. The van der Waals surface area contributed by atoms with Gasteiger partial charge in [0.25, 0.3) is 0 Å². The average Bonchev–Trinajstić information content (AvgIpc) is 3.58. The molecule has 0 aliphatic carbocycles. The lowest BCUT2D eigenvalue weighted by Crippen LogP contribution is -2.45. The standard InChI is InChI=1S/C82H155NO5/c1-3-5-7-9-11-13-15-17-19-20-21-22-23-35-38-41-44-47-50-54-58-62-66-70-74-80(85)79(78-84)83-81(86)75-71-67-63-59-55-51-48-45-42-39-36-33-31-29-27-25-24-26-28-30-32-34-37-40-43-46-49-53-57-61-65-69-73-77-88-82(87)76-72-68-64-60-56-52-18-16-14-12-10-8-6-4-2/h10,12,16,18,28,30,70,74,79-80,84-85H,3-9,11,13-15,17,19-27,29,31-69,71-73,75-78H2,1-2H3,(H,83,86)/b12-10-,18-16-,30-28-,74-70+. The number of carbonyl (C=O) groups is 2. The van der Waals surface area contributed by atoms with Crippen LogP contribution in [0.15, 0.2) is 48.6 Å². The maximum Gasteiger partial charge on any atom is 0.305 e. The number of esters is 1. The van der Waals surface area contributed by atoms with Gasteiger partial charge in [-0.2, -0.15) is 0 Å². The Kier molecular flexibility index (Phi) is 75.4. The van der Waals surface area contributed by atoms with Crippen molar-refractivity contribution >= 4 is 11.9 Å². The summed E-state index contributed by atoms with van der Waals surface area (Å²) in [6.07, 6.45) is 102. The van der Waals surface area contributed by atoms with Gasteiger partial charge < -0.3 is 20.3 Å². The monoisotopic (exact) mass is 1230 g/mol. The highest BCUT2D eigenvalue weighted by Crippen LogP contribution is 2.19. The number of rotatable bonds is 75. The minimum Gasteiger partial charge on any atom is -0.466 e. The molecule has 0 aromatic carbocycles. The number of ether oxygens (including phenoxy) is 1. The normalized spacial score (nSPS) is 12.7. The van der Waals surface area contributed by atoms with Gasteiger partial charge in [-0.3, -0.25) is 9.59 Å². The van der Waals surface area contributed by atoms with Crippen LogP contribution in [0, 0.1) is 0 Å². The molecule has 1 amide bonds. The fourth-order valence-corrected chi connectivity index (χ4v) is 12.5. The highest BCUT2D eigenvalue weighted by atomic mass is 16.5. The zero-order valence-corrected chi connectivity index (χ0v) is 59.5. The average molecular weight is 1240 g/mol. The maximum absolute atomic E-state index is 12.6. The zero-order valence-electron chi connectivity index (χ0n) is 59.5. The highest BCUT2D eigenvalue weighted by Gasteiger charge is 2.18. The van der Waals surface area contributed by atoms with Crippen molar-refractivity contribution in [1.29, 1.82) is 0 Å². The molecule has 0 spiro atoms. The molecular weight excluding hydrogens is 1080 g/mol. The number of hydrogen-bond acceptors (Lipinski definition) is 5. The number of amides is 1. The van der Waals surface area contributed by atoms with Gasteiger partial charge in [0, 0.05) is 12.8 Å². The van der Waals surface area contributed by atoms with Crippen LogP contribution in [0.2, 0.25) is 0 Å². The Morgan fingerprint density at radius 1 is 0.318 bits per heavy atom. The lowest BCUT2D eigenvalue weighted by molar-refractivity contribution is -0.143. The van der Waals surface area contributed by atoms with E-state index in [-0.39, 0.29) is 18.5 Å². The van der Waals surface area contributed by atoms with Crippen LogP contribution in [0.25, 0.3) is 0 Å². The molecule has 518 valence electrons. The highest BCUT2D eigenvalue weighted by molar-refractivity contribution is 5.76. The van der Waals surface area contributed by atoms with Gasteiger partial charge >= 0.3 is 5.97 Å². The molecule has 0 saturated carbocycles. The van der Waals surface area contributed by atoms with Gasteiger partial charge in [-0.05, 0) is 83.5 Å². The summed E-state index contributed by atoms with van der Waals surface area (Å²) in [5.41, 5.74) is 0. The molecule has 0 heterocycles. The second kappa shape index (κ2) is 77.3. The van der Waals surface area contributed by atoms with Gasteiger partial charge in [-0.15, -0.1) is 0 Å². The van der Waals surface area contributed by atoms with E-state index in [0.29, 0.717) is 19.4 Å². The Morgan fingerprint density at radius 3 is 0.909 bits per heavy atom. The molecule has 0 aliphatic heterocycles. The van der Waals surface area contributed by atoms with Crippen LogP contribution in [0.4, 0.5) is 0 Å². The van der Waals surface area contributed by atoms with Crippen LogP contribution in [0.3, 0.4) is 0 Å². The summed E-state index contributed by atoms with van der Waals surface area (Å²) < 4.78 is 5.49. The number of aliphatic hydroxyl groups is 2. The number of hydrogen-bond donors (Lipinski definition) is 3. The zero-order chi connectivity index (χ0) is 63.5. The Labute approximate surface area is 550 Å². The molecule has 0 radical (unpaired) electrons. The van der Waals surface area contributed by atoms with Crippen LogP contribution in [-0.2, 0) is 14.3 Å². The van der Waals surface area contributed by atoms with E-state index in [9.17, 15) is 19.8 Å². The molecule has 6 nitrogen and oxygen atoms in total. The first-order valence-corrected chi connectivity index (χ1v) is 39.9. The van der Waals surface area contributed by atoms with Crippen molar-refractivity contribution < 1.29 is 24.5 Å². The molecule has 2 unspecified atom stereocenters. The summed E-state index contributed by atoms with van der Waals surface area (Å²) in [4.78, 5) is 24.6. The number of unbranched alkanes of at least 4 members (excludes halogenated alkanes) is 58. The van der Waals surface area contributed by atoms with E-state index >= 15 is 0 Å². The van der Waals surface area contributed by atoms with E-state index in [2.05, 4.69) is 55.6 Å². The molecule has 0 bridgehead atoms. The van der Waals surface area contributed by atoms with Gasteiger partial charge in [-0.1, -0.05) is 390 Å². The Morgan fingerprint density at radius 2 is 0.580 bits per heavy atom. The predicted molar refractivity (Wildman–Crippen MR) is 389 cm³/mol. The minimum absolute atomic E-state index is 0.00416. The summed E-state index contributed by atoms with van der Waals surface area (Å²) in [5.74, 6) is -0.0561. The second-order valence-electron chi connectivity index (χ2n) is 27.4. The Balaban J connectivity index is 3.38. The third-order valence-electron chi connectivity index (χ3n) is 18.6. The lowest BCUT2D eigenvalue weighted by atomic mass is 10.0. The molecule has 6 heteroatoms. The summed E-state index contributed by atoms with van der Waals surface area (Å²) in [6, 6.07) is -0.628. The van der Waals surface area contributed by atoms with E-state index in [1.165, 1.54) is 360 Å². The fourth-order valence-electron chi connectivity index (χ4n) is 12.5. The third kappa shape index (κ3) is 72.9. The van der Waals surface area contributed by atoms with E-state index in [4.69, 9.17) is 4.74 Å². The third-order valence-corrected chi connectivity index (χ3v) is 18.6. The van der Waals surface area contributed by atoms with Gasteiger partial charge in [0.05, 0.1) is 25.4 Å². The molecule has 0 aromatic rings. The molecular formula is C82H155NO5. The number of carbonyl (C=O) groups excluding carboxylic acids is 2. The molecule has 0 aromatic heterocycles. The van der Waals surface area contributed by atoms with Crippen LogP contribution in [-0.4, -0.2) is 47.4 Å². The first-order valence-electron chi connectivity index (χ1n) is 39.9. The van der Waals surface area contributed by atoms with Crippen molar-refractivity contribution in [3.8, 4) is 0 Å². The predicted octanol–water partition coefficient (Wildman–Crippen LogP) is 26.4. The van der Waals surface area contributed by atoms with Crippen molar-refractivity contribution in [2.75, 3.05) is 13.2 Å². The molecule has 0 rings (SSSR count). The fraction of sp³-hybridized carbons (Fsp3) is 0.878. The van der Waals surface area contributed by atoms with Gasteiger partial charge in [0.15, 0.2) is 0 Å². The van der Waals surface area contributed by atoms with E-state index in [1.54, 1.807) is 6.08 Å². The Hall–Kier alpha value is -2.18. The van der Waals surface area contributed by atoms with Gasteiger partial charge in [-0.25, -0.2) is 0 Å². The van der Waals surface area contributed by atoms with Crippen LogP contribution in [0.5, 0.6) is 0 Å². The maximum atomic E-state index is 12.6. The van der Waals surface area contributed by atoms with Crippen molar-refractivity contribution in [3.63, 3.8) is 0 Å². The molecule has 0 aliphatic rings. The number of allylic oxidation sites excluding steroid dienone is 7. The second-order valence-corrected chi connectivity index (χ2v) is 27.4. The molecule has 88 heavy (non-hydrogen) atoms. The summed E-state index contributed by atoms with van der Waals surface area (Å²) in [7, 11) is 0. The summed E-state index contributed by atoms with van der Waals surface area (Å²) >= 11 is 0. The first-order chi connectivity index (χ1) is 43.5. The lowest BCUT2D eigenvalue weighted by Gasteiger charge is -2.20. The molecule has 0 fully saturated rings. The van der Waals surface area contributed by atoms with E-state index in [1.807, 2.05) is 6.08 Å². The van der Waals surface area contributed by atoms with Crippen LogP contribution in [0.1, 0.15) is 438 Å². The van der Waals surface area contributed by atoms with Crippen molar-refractivity contribution in [2.24, 2.45) is 0 Å². The van der Waals surface area contributed by atoms with Crippen LogP contribution >= 0.6 is 0 Å². The van der Waals surface area contributed by atoms with Crippen molar-refractivity contribution in [2.45, 2.75) is 450 Å². The SMILES string of the molecule is CCCC/C=C\C/C=C\CCCCCCCC(=O)OCCCCCCCCCCCCCC/C=C\CCCCCCCCCCCCCCCCCCCC(=O)NC(CO)C(O)/C=C/CCCCCCCCCCCCCCCCCCCCCCCC. The Bertz CT molecular complexity index is 1470. The quantitative estimate of drug-likeness (QED) is 0.0320. The summed E-state index contributed by atoms with van der Waals surface area (Å²) in [6.45, 7) is 4.90. The van der Waals surface area contributed by atoms with Crippen molar-refractivity contribution in [1.82, 2.24) is 5.32 Å². The molecule has 3 N–H and O–H groups in total. The van der Waals surface area contributed by atoms with E-state index in [0.717, 1.165) is 51.4 Å². The topological polar surface area (TPSA) is 95.9 Å². The number of nitrogens with one attached hydrogen (secondary N) is 1. The smallest absolute Gasteiger partial charge is 0.305 e.